The number of guanidine groups is 1. The normalized spacial score (nSPS) is 18.0. The maximum atomic E-state index is 4.52. The monoisotopic (exact) mass is 368 g/mol. The van der Waals surface area contributed by atoms with E-state index in [1.54, 1.807) is 0 Å². The highest BCUT2D eigenvalue weighted by Crippen LogP contribution is 2.15. The molecule has 1 fully saturated rings. The fourth-order valence-corrected chi connectivity index (χ4v) is 3.76. The SMILES string of the molecule is CCN1CCCC1CNC(=NC)NCCc1nccn1Cc1ccccc1. The second-order valence-corrected chi connectivity index (χ2v) is 7.01. The van der Waals surface area contributed by atoms with Crippen LogP contribution in [-0.4, -0.2) is 59.7 Å². The molecule has 1 unspecified atom stereocenters. The summed E-state index contributed by atoms with van der Waals surface area (Å²) in [6, 6.07) is 11.1. The Morgan fingerprint density at radius 3 is 2.89 bits per heavy atom. The van der Waals surface area contributed by atoms with Crippen molar-refractivity contribution < 1.29 is 0 Å². The first-order chi connectivity index (χ1) is 13.3. The summed E-state index contributed by atoms with van der Waals surface area (Å²) >= 11 is 0. The van der Waals surface area contributed by atoms with E-state index in [9.17, 15) is 0 Å². The van der Waals surface area contributed by atoms with Crippen molar-refractivity contribution in [3.8, 4) is 0 Å². The van der Waals surface area contributed by atoms with Crippen LogP contribution in [0.4, 0.5) is 0 Å². The van der Waals surface area contributed by atoms with Crippen LogP contribution in [0.5, 0.6) is 0 Å². The largest absolute Gasteiger partial charge is 0.356 e. The molecule has 0 saturated carbocycles. The molecule has 1 atom stereocenters. The summed E-state index contributed by atoms with van der Waals surface area (Å²) in [7, 11) is 1.83. The molecular weight excluding hydrogens is 336 g/mol. The number of hydrogen-bond donors (Lipinski definition) is 2. The van der Waals surface area contributed by atoms with Crippen LogP contribution in [-0.2, 0) is 13.0 Å². The van der Waals surface area contributed by atoms with E-state index in [1.807, 2.05) is 19.3 Å². The van der Waals surface area contributed by atoms with Gasteiger partial charge in [-0.15, -0.1) is 0 Å². The molecule has 2 heterocycles. The molecule has 1 aromatic heterocycles. The molecule has 0 bridgehead atoms. The minimum atomic E-state index is 0.623. The number of hydrogen-bond acceptors (Lipinski definition) is 3. The molecule has 27 heavy (non-hydrogen) atoms. The second kappa shape index (κ2) is 10.1. The lowest BCUT2D eigenvalue weighted by Crippen LogP contribution is -2.45. The highest BCUT2D eigenvalue weighted by Gasteiger charge is 2.22. The summed E-state index contributed by atoms with van der Waals surface area (Å²) in [5.41, 5.74) is 1.29. The van der Waals surface area contributed by atoms with E-state index in [0.717, 1.165) is 44.4 Å². The third kappa shape index (κ3) is 5.57. The van der Waals surface area contributed by atoms with Crippen molar-refractivity contribution in [2.24, 2.45) is 4.99 Å². The second-order valence-electron chi connectivity index (χ2n) is 7.01. The van der Waals surface area contributed by atoms with Crippen molar-refractivity contribution in [1.29, 1.82) is 0 Å². The molecule has 0 amide bonds. The molecule has 6 heteroatoms. The van der Waals surface area contributed by atoms with Crippen LogP contribution in [0.25, 0.3) is 0 Å². The maximum absolute atomic E-state index is 4.52. The van der Waals surface area contributed by atoms with Crippen LogP contribution in [0.3, 0.4) is 0 Å². The van der Waals surface area contributed by atoms with Crippen LogP contribution in [0.2, 0.25) is 0 Å². The first-order valence-corrected chi connectivity index (χ1v) is 10.0. The van der Waals surface area contributed by atoms with Gasteiger partial charge in [-0.25, -0.2) is 4.98 Å². The van der Waals surface area contributed by atoms with Gasteiger partial charge in [0.1, 0.15) is 5.82 Å². The molecule has 0 aliphatic carbocycles. The van der Waals surface area contributed by atoms with E-state index in [2.05, 4.69) is 67.5 Å². The van der Waals surface area contributed by atoms with E-state index < -0.39 is 0 Å². The van der Waals surface area contributed by atoms with Gasteiger partial charge in [0.25, 0.3) is 0 Å². The maximum Gasteiger partial charge on any atom is 0.191 e. The minimum absolute atomic E-state index is 0.623. The van der Waals surface area contributed by atoms with Gasteiger partial charge in [0, 0.05) is 51.5 Å². The Labute approximate surface area is 162 Å². The Bertz CT molecular complexity index is 708. The van der Waals surface area contributed by atoms with Crippen molar-refractivity contribution in [2.75, 3.05) is 33.2 Å². The van der Waals surface area contributed by atoms with E-state index >= 15 is 0 Å². The molecule has 0 radical (unpaired) electrons. The zero-order valence-corrected chi connectivity index (χ0v) is 16.6. The topological polar surface area (TPSA) is 57.5 Å². The average Bonchev–Trinajstić information content (AvgIpc) is 3.34. The van der Waals surface area contributed by atoms with E-state index in [4.69, 9.17) is 0 Å². The van der Waals surface area contributed by atoms with Crippen LogP contribution >= 0.6 is 0 Å². The predicted molar refractivity (Wildman–Crippen MR) is 111 cm³/mol. The van der Waals surface area contributed by atoms with Gasteiger partial charge in [-0.2, -0.15) is 0 Å². The zero-order valence-electron chi connectivity index (χ0n) is 16.6. The molecule has 1 aromatic carbocycles. The van der Waals surface area contributed by atoms with Gasteiger partial charge in [-0.05, 0) is 31.5 Å². The van der Waals surface area contributed by atoms with Gasteiger partial charge < -0.3 is 15.2 Å². The van der Waals surface area contributed by atoms with Crippen molar-refractivity contribution in [3.05, 3.63) is 54.1 Å². The van der Waals surface area contributed by atoms with Crippen LogP contribution in [0.15, 0.2) is 47.7 Å². The van der Waals surface area contributed by atoms with Crippen molar-refractivity contribution in [3.63, 3.8) is 0 Å². The molecule has 2 aromatic rings. The number of rotatable bonds is 8. The Balaban J connectivity index is 1.44. The van der Waals surface area contributed by atoms with Crippen LogP contribution in [0, 0.1) is 0 Å². The third-order valence-corrected chi connectivity index (χ3v) is 5.27. The number of likely N-dealkylation sites (tertiary alicyclic amines) is 1. The van der Waals surface area contributed by atoms with E-state index in [0.29, 0.717) is 6.04 Å². The highest BCUT2D eigenvalue weighted by atomic mass is 15.2. The lowest BCUT2D eigenvalue weighted by Gasteiger charge is -2.24. The first kappa shape index (κ1) is 19.4. The zero-order chi connectivity index (χ0) is 18.9. The third-order valence-electron chi connectivity index (χ3n) is 5.27. The van der Waals surface area contributed by atoms with Crippen molar-refractivity contribution in [1.82, 2.24) is 25.1 Å². The molecule has 3 rings (SSSR count). The summed E-state index contributed by atoms with van der Waals surface area (Å²) in [5.74, 6) is 1.97. The molecule has 1 saturated heterocycles. The first-order valence-electron chi connectivity index (χ1n) is 10.0. The Hall–Kier alpha value is -2.34. The van der Waals surface area contributed by atoms with Crippen LogP contribution in [0.1, 0.15) is 31.2 Å². The Morgan fingerprint density at radius 1 is 1.26 bits per heavy atom. The summed E-state index contributed by atoms with van der Waals surface area (Å²) in [4.78, 5) is 11.4. The molecule has 1 aliphatic rings. The molecular formula is C21H32N6. The summed E-state index contributed by atoms with van der Waals surface area (Å²) in [6.07, 6.45) is 7.37. The number of aliphatic imine (C=N–C) groups is 1. The molecule has 1 aliphatic heterocycles. The number of nitrogens with zero attached hydrogens (tertiary/aromatic N) is 4. The molecule has 2 N–H and O–H groups in total. The standard InChI is InChI=1S/C21H32N6/c1-3-26-14-7-10-19(26)16-25-21(22-2)24-12-11-20-23-13-15-27(20)17-18-8-5-4-6-9-18/h4-6,8-9,13,15,19H,3,7,10-12,14,16-17H2,1-2H3,(H2,22,24,25). The van der Waals surface area contributed by atoms with Crippen molar-refractivity contribution >= 4 is 5.96 Å². The van der Waals surface area contributed by atoms with E-state index in [-0.39, 0.29) is 0 Å². The van der Waals surface area contributed by atoms with Gasteiger partial charge >= 0.3 is 0 Å². The summed E-state index contributed by atoms with van der Waals surface area (Å²) < 4.78 is 2.21. The van der Waals surface area contributed by atoms with Gasteiger partial charge in [-0.1, -0.05) is 37.3 Å². The van der Waals surface area contributed by atoms with Gasteiger partial charge in [0.15, 0.2) is 5.96 Å². The minimum Gasteiger partial charge on any atom is -0.356 e. The number of aromatic nitrogens is 2. The quantitative estimate of drug-likeness (QED) is 0.554. The van der Waals surface area contributed by atoms with Crippen LogP contribution < -0.4 is 10.6 Å². The fourth-order valence-electron chi connectivity index (χ4n) is 3.76. The molecule has 146 valence electrons. The van der Waals surface area contributed by atoms with E-state index in [1.165, 1.54) is 24.9 Å². The fraction of sp³-hybridized carbons (Fsp3) is 0.524. The van der Waals surface area contributed by atoms with Gasteiger partial charge in [0.05, 0.1) is 0 Å². The predicted octanol–water partition coefficient (Wildman–Crippen LogP) is 2.12. The smallest absolute Gasteiger partial charge is 0.191 e. The average molecular weight is 369 g/mol. The van der Waals surface area contributed by atoms with Crippen molar-refractivity contribution in [2.45, 2.75) is 38.8 Å². The number of likely N-dealkylation sites (N-methyl/N-ethyl adjacent to an activating group) is 1. The number of imidazole rings is 1. The molecule has 6 nitrogen and oxygen atoms in total. The lowest BCUT2D eigenvalue weighted by atomic mass is 10.2. The number of benzene rings is 1. The van der Waals surface area contributed by atoms with Gasteiger partial charge in [-0.3, -0.25) is 9.89 Å². The Kier molecular flexibility index (Phi) is 7.27. The summed E-state index contributed by atoms with van der Waals surface area (Å²) in [5, 5.41) is 6.90. The molecule has 0 spiro atoms. The summed E-state index contributed by atoms with van der Waals surface area (Å²) in [6.45, 7) is 7.21. The highest BCUT2D eigenvalue weighted by molar-refractivity contribution is 5.79. The number of nitrogens with one attached hydrogen (secondary N) is 2. The van der Waals surface area contributed by atoms with Gasteiger partial charge in [0.2, 0.25) is 0 Å². The Morgan fingerprint density at radius 2 is 2.11 bits per heavy atom. The lowest BCUT2D eigenvalue weighted by molar-refractivity contribution is 0.267.